The lowest BCUT2D eigenvalue weighted by Crippen LogP contribution is -2.24. The number of nitrogen functional groups attached to an aromatic ring is 1. The third kappa shape index (κ3) is 3.34. The lowest BCUT2D eigenvalue weighted by Gasteiger charge is -2.03. The predicted molar refractivity (Wildman–Crippen MR) is 62.9 cm³/mol. The van der Waals surface area contributed by atoms with Crippen LogP contribution >= 0.6 is 0 Å². The Kier molecular flexibility index (Phi) is 3.40. The molecule has 1 amide bonds. The topological polar surface area (TPSA) is 81.2 Å². The Balaban J connectivity index is 1.83. The number of amides is 1. The van der Waals surface area contributed by atoms with E-state index in [1.54, 1.807) is 24.5 Å². The molecule has 0 aliphatic carbocycles. The molecule has 0 aliphatic heterocycles. The number of carbonyl (C=O) groups is 1. The first-order valence-corrected chi connectivity index (χ1v) is 5.23. The summed E-state index contributed by atoms with van der Waals surface area (Å²) in [6.45, 7) is 0.390. The minimum absolute atomic E-state index is 0.0985. The monoisotopic (exact) mass is 231 g/mol. The van der Waals surface area contributed by atoms with E-state index in [-0.39, 0.29) is 12.3 Å². The van der Waals surface area contributed by atoms with Crippen LogP contribution in [0, 0.1) is 0 Å². The van der Waals surface area contributed by atoms with Crippen LogP contribution in [0.1, 0.15) is 11.5 Å². The molecular formula is C12H13N3O2. The Labute approximate surface area is 98.6 Å². The molecule has 2 heterocycles. The molecule has 0 radical (unpaired) electrons. The fourth-order valence-corrected chi connectivity index (χ4v) is 1.37. The molecular weight excluding hydrogens is 218 g/mol. The molecule has 2 aromatic heterocycles. The van der Waals surface area contributed by atoms with E-state index in [4.69, 9.17) is 10.2 Å². The second-order valence-corrected chi connectivity index (χ2v) is 3.62. The average molecular weight is 231 g/mol. The lowest BCUT2D eigenvalue weighted by molar-refractivity contribution is -0.120. The number of carbonyl (C=O) groups excluding carboxylic acids is 1. The van der Waals surface area contributed by atoms with E-state index in [0.29, 0.717) is 17.9 Å². The van der Waals surface area contributed by atoms with Gasteiger partial charge in [-0.2, -0.15) is 0 Å². The van der Waals surface area contributed by atoms with Gasteiger partial charge in [-0.1, -0.05) is 0 Å². The van der Waals surface area contributed by atoms with Crippen LogP contribution in [0.25, 0.3) is 0 Å². The summed E-state index contributed by atoms with van der Waals surface area (Å²) in [5, 5.41) is 2.74. The second-order valence-electron chi connectivity index (χ2n) is 3.62. The predicted octanol–water partition coefficient (Wildman–Crippen LogP) is 1.12. The number of aromatic nitrogens is 1. The van der Waals surface area contributed by atoms with Crippen molar-refractivity contribution in [1.82, 2.24) is 10.3 Å². The van der Waals surface area contributed by atoms with E-state index < -0.39 is 0 Å². The van der Waals surface area contributed by atoms with Crippen molar-refractivity contribution in [2.45, 2.75) is 13.0 Å². The van der Waals surface area contributed by atoms with Crippen LogP contribution in [0.4, 0.5) is 5.69 Å². The third-order valence-electron chi connectivity index (χ3n) is 2.23. The van der Waals surface area contributed by atoms with Crippen LogP contribution in [0.5, 0.6) is 0 Å². The molecule has 2 aromatic rings. The van der Waals surface area contributed by atoms with Crippen molar-refractivity contribution in [1.29, 1.82) is 0 Å². The molecule has 0 atom stereocenters. The summed E-state index contributed by atoms with van der Waals surface area (Å²) in [4.78, 5) is 15.6. The van der Waals surface area contributed by atoms with Gasteiger partial charge in [0.25, 0.3) is 0 Å². The number of furan rings is 1. The molecule has 0 unspecified atom stereocenters. The number of hydrogen-bond acceptors (Lipinski definition) is 4. The van der Waals surface area contributed by atoms with Crippen LogP contribution in [-0.4, -0.2) is 10.9 Å². The summed E-state index contributed by atoms with van der Waals surface area (Å²) < 4.78 is 5.10. The molecule has 0 bridgehead atoms. The Morgan fingerprint density at radius 2 is 2.29 bits per heavy atom. The van der Waals surface area contributed by atoms with E-state index in [1.165, 1.54) is 6.20 Å². The van der Waals surface area contributed by atoms with Gasteiger partial charge in [0.05, 0.1) is 31.1 Å². The highest BCUT2D eigenvalue weighted by Gasteiger charge is 2.05. The van der Waals surface area contributed by atoms with Crippen LogP contribution in [0.15, 0.2) is 41.1 Å². The van der Waals surface area contributed by atoms with Gasteiger partial charge in [0.2, 0.25) is 5.91 Å². The van der Waals surface area contributed by atoms with Gasteiger partial charge >= 0.3 is 0 Å². The smallest absolute Gasteiger partial charge is 0.226 e. The summed E-state index contributed by atoms with van der Waals surface area (Å²) in [7, 11) is 0. The lowest BCUT2D eigenvalue weighted by atomic mass is 10.2. The van der Waals surface area contributed by atoms with E-state index in [2.05, 4.69) is 10.3 Å². The quantitative estimate of drug-likeness (QED) is 0.826. The minimum Gasteiger partial charge on any atom is -0.467 e. The molecule has 0 saturated heterocycles. The van der Waals surface area contributed by atoms with Crippen LogP contribution < -0.4 is 11.1 Å². The van der Waals surface area contributed by atoms with Gasteiger partial charge in [0, 0.05) is 5.69 Å². The van der Waals surface area contributed by atoms with Crippen molar-refractivity contribution < 1.29 is 9.21 Å². The fourth-order valence-electron chi connectivity index (χ4n) is 1.37. The molecule has 2 rings (SSSR count). The summed E-state index contributed by atoms with van der Waals surface area (Å²) >= 11 is 0. The highest BCUT2D eigenvalue weighted by atomic mass is 16.3. The Morgan fingerprint density at radius 1 is 1.41 bits per heavy atom. The van der Waals surface area contributed by atoms with E-state index in [0.717, 1.165) is 5.76 Å². The van der Waals surface area contributed by atoms with Gasteiger partial charge in [-0.15, -0.1) is 0 Å². The highest BCUT2D eigenvalue weighted by Crippen LogP contribution is 2.02. The first kappa shape index (κ1) is 11.2. The normalized spacial score (nSPS) is 10.1. The standard InChI is InChI=1S/C12H13N3O2/c13-9-3-4-10(14-7-9)6-12(16)15-8-11-2-1-5-17-11/h1-5,7H,6,8,13H2,(H,15,16). The van der Waals surface area contributed by atoms with Crippen molar-refractivity contribution in [3.63, 3.8) is 0 Å². The first-order valence-electron chi connectivity index (χ1n) is 5.23. The van der Waals surface area contributed by atoms with Crippen molar-refractivity contribution in [2.24, 2.45) is 0 Å². The van der Waals surface area contributed by atoms with E-state index in [9.17, 15) is 4.79 Å². The molecule has 17 heavy (non-hydrogen) atoms. The molecule has 3 N–H and O–H groups in total. The average Bonchev–Trinajstić information content (AvgIpc) is 2.83. The van der Waals surface area contributed by atoms with Gasteiger partial charge in [-0.05, 0) is 24.3 Å². The second kappa shape index (κ2) is 5.16. The van der Waals surface area contributed by atoms with Gasteiger partial charge in [-0.3, -0.25) is 9.78 Å². The number of nitrogens with zero attached hydrogens (tertiary/aromatic N) is 1. The zero-order chi connectivity index (χ0) is 12.1. The number of anilines is 1. The van der Waals surface area contributed by atoms with Crippen molar-refractivity contribution in [2.75, 3.05) is 5.73 Å². The van der Waals surface area contributed by atoms with Crippen molar-refractivity contribution >= 4 is 11.6 Å². The maximum Gasteiger partial charge on any atom is 0.226 e. The molecule has 0 fully saturated rings. The van der Waals surface area contributed by atoms with Crippen LogP contribution in [-0.2, 0) is 17.8 Å². The number of hydrogen-bond donors (Lipinski definition) is 2. The number of rotatable bonds is 4. The molecule has 88 valence electrons. The van der Waals surface area contributed by atoms with Gasteiger partial charge in [0.15, 0.2) is 0 Å². The van der Waals surface area contributed by atoms with E-state index in [1.807, 2.05) is 6.07 Å². The number of nitrogens with two attached hydrogens (primary N) is 1. The maximum atomic E-state index is 11.6. The summed E-state index contributed by atoms with van der Waals surface area (Å²) in [5.74, 6) is 0.627. The zero-order valence-corrected chi connectivity index (χ0v) is 9.22. The van der Waals surface area contributed by atoms with Gasteiger partial charge in [-0.25, -0.2) is 0 Å². The Hall–Kier alpha value is -2.30. The minimum atomic E-state index is -0.0985. The van der Waals surface area contributed by atoms with Crippen LogP contribution in [0.3, 0.4) is 0 Å². The number of nitrogens with one attached hydrogen (secondary N) is 1. The van der Waals surface area contributed by atoms with Gasteiger partial charge in [0.1, 0.15) is 5.76 Å². The molecule has 0 saturated carbocycles. The molecule has 0 aromatic carbocycles. The summed E-state index contributed by atoms with van der Waals surface area (Å²) in [5.41, 5.74) is 6.78. The highest BCUT2D eigenvalue weighted by molar-refractivity contribution is 5.78. The number of pyridine rings is 1. The summed E-state index contributed by atoms with van der Waals surface area (Å²) in [6.07, 6.45) is 3.35. The maximum absolute atomic E-state index is 11.6. The SMILES string of the molecule is Nc1ccc(CC(=O)NCc2ccco2)nc1. The molecule has 0 spiro atoms. The largest absolute Gasteiger partial charge is 0.467 e. The fraction of sp³-hybridized carbons (Fsp3) is 0.167. The van der Waals surface area contributed by atoms with Crippen LogP contribution in [0.2, 0.25) is 0 Å². The molecule has 5 heteroatoms. The summed E-state index contributed by atoms with van der Waals surface area (Å²) in [6, 6.07) is 7.05. The Morgan fingerprint density at radius 3 is 2.94 bits per heavy atom. The first-order chi connectivity index (χ1) is 8.24. The van der Waals surface area contributed by atoms with Crippen molar-refractivity contribution in [3.8, 4) is 0 Å². The molecule has 0 aliphatic rings. The van der Waals surface area contributed by atoms with E-state index >= 15 is 0 Å². The van der Waals surface area contributed by atoms with Gasteiger partial charge < -0.3 is 15.5 Å². The zero-order valence-electron chi connectivity index (χ0n) is 9.22. The third-order valence-corrected chi connectivity index (χ3v) is 2.23. The molecule has 5 nitrogen and oxygen atoms in total. The van der Waals surface area contributed by atoms with Crippen molar-refractivity contribution in [3.05, 3.63) is 48.2 Å². The Bertz CT molecular complexity index is 477.